The zero-order valence-electron chi connectivity index (χ0n) is 19.6. The number of urea groups is 1. The van der Waals surface area contributed by atoms with E-state index in [2.05, 4.69) is 41.7 Å². The van der Waals surface area contributed by atoms with Crippen LogP contribution in [0.3, 0.4) is 0 Å². The molecule has 1 aliphatic heterocycles. The highest BCUT2D eigenvalue weighted by atomic mass is 32.2. The van der Waals surface area contributed by atoms with Gasteiger partial charge in [-0.2, -0.15) is 4.98 Å². The van der Waals surface area contributed by atoms with Gasteiger partial charge in [0.15, 0.2) is 0 Å². The van der Waals surface area contributed by atoms with Crippen molar-refractivity contribution >= 4 is 23.4 Å². The Balaban J connectivity index is 1.76. The van der Waals surface area contributed by atoms with Crippen molar-refractivity contribution in [1.29, 1.82) is 0 Å². The van der Waals surface area contributed by atoms with Crippen LogP contribution in [0.4, 0.5) is 4.79 Å². The lowest BCUT2D eigenvalue weighted by molar-refractivity contribution is 0.204. The first-order valence-electron chi connectivity index (χ1n) is 11.4. The summed E-state index contributed by atoms with van der Waals surface area (Å²) in [5.74, 6) is 0.975. The number of unbranched alkanes of at least 4 members (excludes halogenated alkanes) is 2. The van der Waals surface area contributed by atoms with E-state index in [0.717, 1.165) is 47.2 Å². The van der Waals surface area contributed by atoms with Crippen LogP contribution in [0.25, 0.3) is 17.0 Å². The minimum absolute atomic E-state index is 0.0929. The Morgan fingerprint density at radius 3 is 2.61 bits per heavy atom. The van der Waals surface area contributed by atoms with Crippen LogP contribution in [0.15, 0.2) is 63.6 Å². The summed E-state index contributed by atoms with van der Waals surface area (Å²) in [5.41, 5.74) is 4.72. The number of aryl methyl sites for hydroxylation is 1. The molecule has 2 heterocycles. The molecule has 0 radical (unpaired) electrons. The van der Waals surface area contributed by atoms with Crippen molar-refractivity contribution < 1.29 is 9.32 Å². The molecular formula is C26H30N4O2S. The average molecular weight is 463 g/mol. The summed E-state index contributed by atoms with van der Waals surface area (Å²) < 4.78 is 5.77. The van der Waals surface area contributed by atoms with E-state index in [-0.39, 0.29) is 12.1 Å². The SMILES string of the molecule is CCCCCN1C(=O)NC(c2ccc(SC)cc2)C(c2nc(-c3cccc(C)c3)no2)=C1C. The fraction of sp³-hybridized carbons (Fsp3) is 0.346. The predicted molar refractivity (Wildman–Crippen MR) is 133 cm³/mol. The number of carbonyl (C=O) groups is 1. The highest BCUT2D eigenvalue weighted by Gasteiger charge is 2.35. The normalized spacial score (nSPS) is 16.3. The van der Waals surface area contributed by atoms with Gasteiger partial charge in [-0.25, -0.2) is 4.79 Å². The summed E-state index contributed by atoms with van der Waals surface area (Å²) in [6, 6.07) is 15.8. The van der Waals surface area contributed by atoms with Gasteiger partial charge in [0.05, 0.1) is 11.6 Å². The summed E-state index contributed by atoms with van der Waals surface area (Å²) in [6.45, 7) is 6.83. The first kappa shape index (κ1) is 23.1. The fourth-order valence-electron chi connectivity index (χ4n) is 4.13. The molecule has 1 unspecified atom stereocenters. The molecule has 0 aliphatic carbocycles. The summed E-state index contributed by atoms with van der Waals surface area (Å²) in [6.07, 6.45) is 5.16. The molecule has 0 spiro atoms. The van der Waals surface area contributed by atoms with Gasteiger partial charge in [0.2, 0.25) is 5.82 Å². The van der Waals surface area contributed by atoms with E-state index in [1.807, 2.05) is 44.4 Å². The van der Waals surface area contributed by atoms with E-state index < -0.39 is 0 Å². The number of benzene rings is 2. The first-order chi connectivity index (χ1) is 16.0. The second-order valence-electron chi connectivity index (χ2n) is 8.31. The van der Waals surface area contributed by atoms with Crippen molar-refractivity contribution in [2.24, 2.45) is 0 Å². The average Bonchev–Trinajstić information content (AvgIpc) is 3.31. The van der Waals surface area contributed by atoms with Crippen LogP contribution < -0.4 is 5.32 Å². The maximum absolute atomic E-state index is 13.1. The van der Waals surface area contributed by atoms with Crippen LogP contribution in [-0.4, -0.2) is 33.9 Å². The summed E-state index contributed by atoms with van der Waals surface area (Å²) in [4.78, 5) is 20.8. The van der Waals surface area contributed by atoms with Crippen molar-refractivity contribution in [1.82, 2.24) is 20.4 Å². The third-order valence-electron chi connectivity index (χ3n) is 5.96. The Kier molecular flexibility index (Phi) is 7.18. The smallest absolute Gasteiger partial charge is 0.322 e. The van der Waals surface area contributed by atoms with E-state index in [1.54, 1.807) is 16.7 Å². The zero-order valence-corrected chi connectivity index (χ0v) is 20.4. The molecule has 4 rings (SSSR count). The van der Waals surface area contributed by atoms with E-state index >= 15 is 0 Å². The van der Waals surface area contributed by atoms with Crippen LogP contribution in [0.1, 0.15) is 56.2 Å². The second-order valence-corrected chi connectivity index (χ2v) is 9.19. The minimum atomic E-state index is -0.360. The van der Waals surface area contributed by atoms with Crippen LogP contribution in [-0.2, 0) is 0 Å². The van der Waals surface area contributed by atoms with E-state index in [4.69, 9.17) is 9.51 Å². The molecule has 1 N–H and O–H groups in total. The quantitative estimate of drug-likeness (QED) is 0.307. The summed E-state index contributed by atoms with van der Waals surface area (Å²) in [7, 11) is 0. The number of rotatable bonds is 8. The van der Waals surface area contributed by atoms with Crippen molar-refractivity contribution in [3.05, 3.63) is 71.2 Å². The lowest BCUT2D eigenvalue weighted by Gasteiger charge is -2.35. The van der Waals surface area contributed by atoms with Crippen molar-refractivity contribution in [3.63, 3.8) is 0 Å². The predicted octanol–water partition coefficient (Wildman–Crippen LogP) is 6.45. The Hall–Kier alpha value is -3.06. The van der Waals surface area contributed by atoms with Gasteiger partial charge >= 0.3 is 6.03 Å². The monoisotopic (exact) mass is 462 g/mol. The number of hydrogen-bond acceptors (Lipinski definition) is 5. The third kappa shape index (κ3) is 4.98. The molecule has 172 valence electrons. The highest BCUT2D eigenvalue weighted by molar-refractivity contribution is 7.98. The molecule has 1 atom stereocenters. The number of aromatic nitrogens is 2. The molecule has 0 fully saturated rings. The maximum atomic E-state index is 13.1. The van der Waals surface area contributed by atoms with Crippen LogP contribution in [0.2, 0.25) is 0 Å². The Bertz CT molecular complexity index is 1150. The van der Waals surface area contributed by atoms with Crippen LogP contribution >= 0.6 is 11.8 Å². The molecule has 0 saturated carbocycles. The fourth-order valence-corrected chi connectivity index (χ4v) is 4.54. The molecule has 6 nitrogen and oxygen atoms in total. The number of allylic oxidation sites excluding steroid dienone is 1. The van der Waals surface area contributed by atoms with Gasteiger partial charge < -0.3 is 9.84 Å². The summed E-state index contributed by atoms with van der Waals surface area (Å²) >= 11 is 1.69. The minimum Gasteiger partial charge on any atom is -0.334 e. The largest absolute Gasteiger partial charge is 0.334 e. The number of nitrogens with one attached hydrogen (secondary N) is 1. The number of hydrogen-bond donors (Lipinski definition) is 1. The van der Waals surface area contributed by atoms with E-state index in [0.29, 0.717) is 18.3 Å². The number of amides is 2. The molecule has 1 aliphatic rings. The zero-order chi connectivity index (χ0) is 23.4. The molecular weight excluding hydrogens is 432 g/mol. The van der Waals surface area contributed by atoms with Gasteiger partial charge in [-0.1, -0.05) is 60.8 Å². The van der Waals surface area contributed by atoms with Gasteiger partial charge in [0, 0.05) is 22.7 Å². The Labute approximate surface area is 199 Å². The number of carbonyl (C=O) groups excluding carboxylic acids is 1. The number of nitrogens with zero attached hydrogens (tertiary/aromatic N) is 3. The van der Waals surface area contributed by atoms with Gasteiger partial charge in [0.25, 0.3) is 5.89 Å². The number of thioether (sulfide) groups is 1. The van der Waals surface area contributed by atoms with Gasteiger partial charge in [-0.15, -0.1) is 11.8 Å². The standard InChI is InChI=1S/C26H30N4O2S/c1-5-6-7-15-30-18(3)22(23(27-26(30)31)19-11-13-21(33-4)14-12-19)25-28-24(29-32-25)20-10-8-9-17(2)16-20/h8-14,16,23H,5-7,15H2,1-4H3,(H,27,31). The molecule has 2 aromatic carbocycles. The molecule has 33 heavy (non-hydrogen) atoms. The van der Waals surface area contributed by atoms with Gasteiger partial charge in [0.1, 0.15) is 0 Å². The van der Waals surface area contributed by atoms with Crippen molar-refractivity contribution in [2.45, 2.75) is 51.0 Å². The highest BCUT2D eigenvalue weighted by Crippen LogP contribution is 2.38. The molecule has 7 heteroatoms. The van der Waals surface area contributed by atoms with E-state index in [9.17, 15) is 4.79 Å². The topological polar surface area (TPSA) is 71.3 Å². The molecule has 2 amide bonds. The Morgan fingerprint density at radius 2 is 1.91 bits per heavy atom. The first-order valence-corrected chi connectivity index (χ1v) is 12.6. The Morgan fingerprint density at radius 1 is 1.12 bits per heavy atom. The lowest BCUT2D eigenvalue weighted by atomic mass is 9.94. The maximum Gasteiger partial charge on any atom is 0.322 e. The third-order valence-corrected chi connectivity index (χ3v) is 6.71. The van der Waals surface area contributed by atoms with Crippen LogP contribution in [0.5, 0.6) is 0 Å². The van der Waals surface area contributed by atoms with E-state index in [1.165, 1.54) is 4.90 Å². The molecule has 1 aromatic heterocycles. The summed E-state index contributed by atoms with van der Waals surface area (Å²) in [5, 5.41) is 7.44. The van der Waals surface area contributed by atoms with Gasteiger partial charge in [-0.05, 0) is 50.3 Å². The van der Waals surface area contributed by atoms with Crippen LogP contribution in [0, 0.1) is 6.92 Å². The molecule has 0 saturated heterocycles. The lowest BCUT2D eigenvalue weighted by Crippen LogP contribution is -2.46. The molecule has 0 bridgehead atoms. The van der Waals surface area contributed by atoms with Crippen molar-refractivity contribution in [2.75, 3.05) is 12.8 Å². The van der Waals surface area contributed by atoms with Crippen molar-refractivity contribution in [3.8, 4) is 11.4 Å². The second kappa shape index (κ2) is 10.3. The molecule has 3 aromatic rings. The van der Waals surface area contributed by atoms with Gasteiger partial charge in [-0.3, -0.25) is 4.90 Å².